The second-order valence-corrected chi connectivity index (χ2v) is 5.04. The lowest BCUT2D eigenvalue weighted by atomic mass is 10.2. The van der Waals surface area contributed by atoms with Crippen LogP contribution in [0.2, 0.25) is 0 Å². The van der Waals surface area contributed by atoms with E-state index in [1.165, 1.54) is 18.2 Å². The summed E-state index contributed by atoms with van der Waals surface area (Å²) in [5.74, 6) is -0.281. The van der Waals surface area contributed by atoms with Gasteiger partial charge in [-0.15, -0.1) is 0 Å². The van der Waals surface area contributed by atoms with Gasteiger partial charge in [-0.05, 0) is 18.2 Å². The topological polar surface area (TPSA) is 69.4 Å². The van der Waals surface area contributed by atoms with Gasteiger partial charge in [0.15, 0.2) is 6.29 Å². The number of nitrogens with zero attached hydrogens (tertiary/aromatic N) is 1. The molecule has 2 aromatic carbocycles. The molecular formula is C14H9BrFNO4. The number of carbonyl (C=O) groups excluding carboxylic acids is 1. The minimum atomic E-state index is -0.606. The van der Waals surface area contributed by atoms with Gasteiger partial charge in [0.25, 0.3) is 5.69 Å². The summed E-state index contributed by atoms with van der Waals surface area (Å²) in [6.07, 6.45) is 0.459. The molecule has 5 nitrogen and oxygen atoms in total. The molecule has 0 aromatic heterocycles. The highest BCUT2D eigenvalue weighted by atomic mass is 79.9. The van der Waals surface area contributed by atoms with Crippen LogP contribution in [-0.4, -0.2) is 11.2 Å². The summed E-state index contributed by atoms with van der Waals surface area (Å²) in [5, 5.41) is 10.6. The molecule has 0 N–H and O–H groups in total. The molecule has 0 amide bonds. The Morgan fingerprint density at radius 2 is 2.05 bits per heavy atom. The molecule has 0 aliphatic heterocycles. The summed E-state index contributed by atoms with van der Waals surface area (Å²) >= 11 is 3.15. The van der Waals surface area contributed by atoms with Gasteiger partial charge in [-0.25, -0.2) is 4.39 Å². The minimum Gasteiger partial charge on any atom is -0.488 e. The first-order chi connectivity index (χ1) is 10.0. The van der Waals surface area contributed by atoms with E-state index >= 15 is 0 Å². The molecule has 108 valence electrons. The SMILES string of the molecule is O=Cc1cc([N+](=O)[O-])ccc1OCc1ccc(Br)cc1F. The second kappa shape index (κ2) is 6.45. The monoisotopic (exact) mass is 353 g/mol. The summed E-state index contributed by atoms with van der Waals surface area (Å²) in [5.41, 5.74) is 0.148. The highest BCUT2D eigenvalue weighted by Gasteiger charge is 2.12. The molecule has 0 saturated carbocycles. The molecule has 2 rings (SSSR count). The van der Waals surface area contributed by atoms with Crippen LogP contribution in [0.3, 0.4) is 0 Å². The van der Waals surface area contributed by atoms with E-state index in [9.17, 15) is 19.3 Å². The lowest BCUT2D eigenvalue weighted by Gasteiger charge is -2.09. The summed E-state index contributed by atoms with van der Waals surface area (Å²) < 4.78 is 19.6. The fourth-order valence-electron chi connectivity index (χ4n) is 1.67. The van der Waals surface area contributed by atoms with E-state index in [4.69, 9.17) is 4.74 Å². The van der Waals surface area contributed by atoms with Crippen molar-refractivity contribution in [2.24, 2.45) is 0 Å². The van der Waals surface area contributed by atoms with Crippen LogP contribution in [0.25, 0.3) is 0 Å². The predicted molar refractivity (Wildman–Crippen MR) is 76.9 cm³/mol. The zero-order chi connectivity index (χ0) is 15.4. The number of benzene rings is 2. The van der Waals surface area contributed by atoms with E-state index in [0.29, 0.717) is 16.3 Å². The summed E-state index contributed by atoms with van der Waals surface area (Å²) in [4.78, 5) is 21.0. The van der Waals surface area contributed by atoms with Gasteiger partial charge in [0, 0.05) is 22.2 Å². The number of nitro benzene ring substituents is 1. The molecule has 0 heterocycles. The standard InChI is InChI=1S/C14H9BrFNO4/c15-11-2-1-9(13(16)6-11)8-21-14-4-3-12(17(19)20)5-10(14)7-18/h1-7H,8H2. The average molecular weight is 354 g/mol. The Morgan fingerprint density at radius 3 is 2.67 bits per heavy atom. The van der Waals surface area contributed by atoms with Crippen molar-refractivity contribution in [3.8, 4) is 5.75 Å². The summed E-state index contributed by atoms with van der Waals surface area (Å²) in [6, 6.07) is 8.16. The maximum absolute atomic E-state index is 13.6. The van der Waals surface area contributed by atoms with Crippen LogP contribution >= 0.6 is 15.9 Å². The van der Waals surface area contributed by atoms with Crippen molar-refractivity contribution in [2.75, 3.05) is 0 Å². The van der Waals surface area contributed by atoms with E-state index in [0.717, 1.165) is 6.07 Å². The van der Waals surface area contributed by atoms with Crippen LogP contribution in [0.5, 0.6) is 5.75 Å². The Morgan fingerprint density at radius 1 is 1.29 bits per heavy atom. The fraction of sp³-hybridized carbons (Fsp3) is 0.0714. The Balaban J connectivity index is 2.19. The van der Waals surface area contributed by atoms with Crippen molar-refractivity contribution in [3.05, 3.63) is 67.9 Å². The van der Waals surface area contributed by atoms with Gasteiger partial charge >= 0.3 is 0 Å². The first-order valence-electron chi connectivity index (χ1n) is 5.81. The summed E-state index contributed by atoms with van der Waals surface area (Å²) in [6.45, 7) is -0.0856. The maximum atomic E-state index is 13.6. The van der Waals surface area contributed by atoms with Crippen molar-refractivity contribution in [2.45, 2.75) is 6.61 Å². The van der Waals surface area contributed by atoms with E-state index in [1.807, 2.05) is 0 Å². The zero-order valence-electron chi connectivity index (χ0n) is 10.6. The van der Waals surface area contributed by atoms with Gasteiger partial charge < -0.3 is 4.74 Å². The number of nitro groups is 1. The normalized spacial score (nSPS) is 10.2. The number of aldehydes is 1. The third-order valence-electron chi connectivity index (χ3n) is 2.73. The molecular weight excluding hydrogens is 345 g/mol. The number of halogens is 2. The number of hydrogen-bond acceptors (Lipinski definition) is 4. The van der Waals surface area contributed by atoms with Crippen LogP contribution < -0.4 is 4.74 Å². The Bertz CT molecular complexity index is 705. The van der Waals surface area contributed by atoms with Crippen molar-refractivity contribution in [1.82, 2.24) is 0 Å². The Kier molecular flexibility index (Phi) is 4.64. The number of rotatable bonds is 5. The lowest BCUT2D eigenvalue weighted by molar-refractivity contribution is -0.384. The van der Waals surface area contributed by atoms with Gasteiger partial charge in [-0.3, -0.25) is 14.9 Å². The largest absolute Gasteiger partial charge is 0.488 e. The zero-order valence-corrected chi connectivity index (χ0v) is 12.2. The van der Waals surface area contributed by atoms with Gasteiger partial charge in [0.2, 0.25) is 0 Å². The van der Waals surface area contributed by atoms with Gasteiger partial charge in [0.05, 0.1) is 10.5 Å². The summed E-state index contributed by atoms with van der Waals surface area (Å²) in [7, 11) is 0. The van der Waals surface area contributed by atoms with Crippen LogP contribution in [0.4, 0.5) is 10.1 Å². The Hall–Kier alpha value is -2.28. The van der Waals surface area contributed by atoms with Crippen LogP contribution in [0, 0.1) is 15.9 Å². The third kappa shape index (κ3) is 3.63. The molecule has 0 aliphatic rings. The average Bonchev–Trinajstić information content (AvgIpc) is 2.46. The number of ether oxygens (including phenoxy) is 1. The molecule has 0 radical (unpaired) electrons. The highest BCUT2D eigenvalue weighted by molar-refractivity contribution is 9.10. The smallest absolute Gasteiger partial charge is 0.270 e. The predicted octanol–water partition coefficient (Wildman–Crippen LogP) is 3.89. The first-order valence-corrected chi connectivity index (χ1v) is 6.61. The maximum Gasteiger partial charge on any atom is 0.270 e. The minimum absolute atomic E-state index is 0.0433. The fourth-order valence-corrected chi connectivity index (χ4v) is 2.00. The molecule has 0 atom stereocenters. The first kappa shape index (κ1) is 15.1. The van der Waals surface area contributed by atoms with Crippen LogP contribution in [0.1, 0.15) is 15.9 Å². The molecule has 0 bridgehead atoms. The highest BCUT2D eigenvalue weighted by Crippen LogP contribution is 2.24. The molecule has 2 aromatic rings. The van der Waals surface area contributed by atoms with Crippen LogP contribution in [-0.2, 0) is 6.61 Å². The number of non-ortho nitro benzene ring substituents is 1. The van der Waals surface area contributed by atoms with Crippen molar-refractivity contribution in [1.29, 1.82) is 0 Å². The van der Waals surface area contributed by atoms with E-state index in [1.54, 1.807) is 12.1 Å². The van der Waals surface area contributed by atoms with Crippen molar-refractivity contribution in [3.63, 3.8) is 0 Å². The van der Waals surface area contributed by atoms with Gasteiger partial charge in [-0.1, -0.05) is 22.0 Å². The number of carbonyl (C=O) groups is 1. The molecule has 0 aliphatic carbocycles. The molecule has 0 unspecified atom stereocenters. The number of hydrogen-bond donors (Lipinski definition) is 0. The molecule has 0 spiro atoms. The molecule has 21 heavy (non-hydrogen) atoms. The van der Waals surface area contributed by atoms with E-state index in [2.05, 4.69) is 15.9 Å². The van der Waals surface area contributed by atoms with E-state index in [-0.39, 0.29) is 23.6 Å². The molecule has 0 fully saturated rings. The third-order valence-corrected chi connectivity index (χ3v) is 3.22. The van der Waals surface area contributed by atoms with E-state index < -0.39 is 10.7 Å². The van der Waals surface area contributed by atoms with Crippen LogP contribution in [0.15, 0.2) is 40.9 Å². The Labute approximate surface area is 127 Å². The lowest BCUT2D eigenvalue weighted by Crippen LogP contribution is -2.01. The molecule has 0 saturated heterocycles. The van der Waals surface area contributed by atoms with Gasteiger partial charge in [-0.2, -0.15) is 0 Å². The quantitative estimate of drug-likeness (QED) is 0.464. The molecule has 7 heteroatoms. The van der Waals surface area contributed by atoms with Crippen molar-refractivity contribution >= 4 is 27.9 Å². The van der Waals surface area contributed by atoms with Crippen molar-refractivity contribution < 1.29 is 18.8 Å². The van der Waals surface area contributed by atoms with Gasteiger partial charge in [0.1, 0.15) is 18.2 Å². The second-order valence-electron chi connectivity index (χ2n) is 4.12.